The van der Waals surface area contributed by atoms with Crippen LogP contribution in [0.25, 0.3) is 0 Å². The Balaban J connectivity index is 1.26. The maximum absolute atomic E-state index is 13.0. The number of carbonyl (C=O) groups is 1. The van der Waals surface area contributed by atoms with E-state index >= 15 is 0 Å². The summed E-state index contributed by atoms with van der Waals surface area (Å²) in [6.45, 7) is 3.64. The molecule has 1 fully saturated rings. The molecular weight excluding hydrogens is 532 g/mol. The maximum Gasteiger partial charge on any atom is 0.416 e. The number of piperidine rings is 1. The molecule has 1 aliphatic heterocycles. The minimum Gasteiger partial charge on any atom is -0.347 e. The largest absolute Gasteiger partial charge is 0.416 e. The van der Waals surface area contributed by atoms with Crippen molar-refractivity contribution < 1.29 is 31.1 Å². The zero-order valence-electron chi connectivity index (χ0n) is 20.3. The summed E-state index contributed by atoms with van der Waals surface area (Å²) in [5, 5.41) is 5.46. The molecule has 0 atom stereocenters. The van der Waals surface area contributed by atoms with Gasteiger partial charge in [0, 0.05) is 43.3 Å². The Kier molecular flexibility index (Phi) is 8.14. The van der Waals surface area contributed by atoms with Crippen LogP contribution in [0.3, 0.4) is 0 Å². The fraction of sp³-hybridized carbons (Fsp3) is 0.400. The van der Waals surface area contributed by atoms with Crippen LogP contribution in [0.15, 0.2) is 42.5 Å². The number of rotatable bonds is 6. The van der Waals surface area contributed by atoms with E-state index in [0.717, 1.165) is 29.4 Å². The van der Waals surface area contributed by atoms with Gasteiger partial charge in [-0.3, -0.25) is 0 Å². The van der Waals surface area contributed by atoms with Crippen molar-refractivity contribution in [2.75, 3.05) is 29.9 Å². The molecule has 0 radical (unpaired) electrons. The van der Waals surface area contributed by atoms with E-state index in [1.165, 1.54) is 17.1 Å². The van der Waals surface area contributed by atoms with Crippen molar-refractivity contribution >= 4 is 28.4 Å². The second-order valence-corrected chi connectivity index (χ2v) is 9.95. The molecule has 1 aliphatic rings. The van der Waals surface area contributed by atoms with Gasteiger partial charge in [0.25, 0.3) is 0 Å². The number of urea groups is 1. The van der Waals surface area contributed by atoms with Gasteiger partial charge in [0.05, 0.1) is 11.1 Å². The molecule has 0 saturated carbocycles. The van der Waals surface area contributed by atoms with Gasteiger partial charge in [-0.2, -0.15) is 30.7 Å². The van der Waals surface area contributed by atoms with Crippen LogP contribution in [0.1, 0.15) is 40.9 Å². The first-order valence-electron chi connectivity index (χ1n) is 11.8. The molecule has 3 aromatic rings. The molecular formula is C25H25F6N5OS. The monoisotopic (exact) mass is 557 g/mol. The Morgan fingerprint density at radius 2 is 1.61 bits per heavy atom. The van der Waals surface area contributed by atoms with Crippen LogP contribution >= 0.6 is 11.5 Å². The number of hydrogen-bond donors (Lipinski definition) is 2. The number of nitrogens with one attached hydrogen (secondary N) is 2. The number of benzene rings is 2. The predicted octanol–water partition coefficient (Wildman–Crippen LogP) is 6.51. The second kappa shape index (κ2) is 11.2. The summed E-state index contributed by atoms with van der Waals surface area (Å²) in [4.78, 5) is 19.0. The van der Waals surface area contributed by atoms with Crippen LogP contribution in [0, 0.1) is 12.8 Å². The Labute approximate surface area is 219 Å². The summed E-state index contributed by atoms with van der Waals surface area (Å²) in [5.74, 6) is 0.849. The molecule has 13 heteroatoms. The maximum atomic E-state index is 13.0. The Morgan fingerprint density at radius 3 is 2.18 bits per heavy atom. The number of alkyl halides is 6. The highest BCUT2D eigenvalue weighted by Crippen LogP contribution is 2.37. The first kappa shape index (κ1) is 27.7. The van der Waals surface area contributed by atoms with Crippen molar-refractivity contribution in [3.05, 3.63) is 70.5 Å². The summed E-state index contributed by atoms with van der Waals surface area (Å²) in [6.07, 6.45) is -7.88. The number of carbonyl (C=O) groups excluding carboxylic acids is 1. The van der Waals surface area contributed by atoms with Gasteiger partial charge in [-0.25, -0.2) is 9.78 Å². The van der Waals surface area contributed by atoms with E-state index in [0.29, 0.717) is 31.6 Å². The average Bonchev–Trinajstić information content (AvgIpc) is 3.32. The molecule has 2 aromatic carbocycles. The van der Waals surface area contributed by atoms with E-state index in [4.69, 9.17) is 0 Å². The van der Waals surface area contributed by atoms with Crippen LogP contribution in [0.2, 0.25) is 0 Å². The second-order valence-electron chi connectivity index (χ2n) is 9.22. The number of amides is 2. The van der Waals surface area contributed by atoms with E-state index in [-0.39, 0.29) is 18.5 Å². The smallest absolute Gasteiger partial charge is 0.347 e. The molecule has 2 N–H and O–H groups in total. The van der Waals surface area contributed by atoms with Gasteiger partial charge in [0.2, 0.25) is 5.13 Å². The van der Waals surface area contributed by atoms with Crippen LogP contribution in [0.5, 0.6) is 0 Å². The molecule has 38 heavy (non-hydrogen) atoms. The van der Waals surface area contributed by atoms with Gasteiger partial charge in [-0.1, -0.05) is 29.8 Å². The van der Waals surface area contributed by atoms with Crippen LogP contribution < -0.4 is 15.5 Å². The third kappa shape index (κ3) is 7.36. The number of nitrogens with zero attached hydrogens (tertiary/aromatic N) is 3. The lowest BCUT2D eigenvalue weighted by molar-refractivity contribution is -0.143. The number of anilines is 2. The number of aromatic nitrogens is 2. The number of hydrogen-bond acceptors (Lipinski definition) is 5. The van der Waals surface area contributed by atoms with Gasteiger partial charge >= 0.3 is 18.4 Å². The quantitative estimate of drug-likeness (QED) is 0.339. The summed E-state index contributed by atoms with van der Waals surface area (Å²) in [6, 6.07) is 8.28. The number of aryl methyl sites for hydroxylation is 1. The summed E-state index contributed by atoms with van der Waals surface area (Å²) in [7, 11) is 0. The van der Waals surface area contributed by atoms with E-state index in [1.807, 2.05) is 31.2 Å². The fourth-order valence-corrected chi connectivity index (χ4v) is 4.84. The van der Waals surface area contributed by atoms with Crippen LogP contribution in [0.4, 0.5) is 42.0 Å². The summed E-state index contributed by atoms with van der Waals surface area (Å²) < 4.78 is 82.6. The minimum atomic E-state index is -4.99. The summed E-state index contributed by atoms with van der Waals surface area (Å²) >= 11 is 1.33. The SMILES string of the molecule is Cc1ccc(Cc2nsc(N3CCC(CNC(=O)Nc4cc(C(F)(F)F)cc(C(F)(F)F)c4)CC3)n2)cc1. The van der Waals surface area contributed by atoms with Gasteiger partial charge in [0.1, 0.15) is 5.82 Å². The molecule has 6 nitrogen and oxygen atoms in total. The molecule has 4 rings (SSSR count). The fourth-order valence-electron chi connectivity index (χ4n) is 4.10. The first-order valence-corrected chi connectivity index (χ1v) is 12.6. The van der Waals surface area contributed by atoms with Crippen LogP contribution in [-0.2, 0) is 18.8 Å². The molecule has 1 saturated heterocycles. The molecule has 2 heterocycles. The lowest BCUT2D eigenvalue weighted by atomic mass is 9.97. The zero-order chi connectivity index (χ0) is 27.5. The third-order valence-corrected chi connectivity index (χ3v) is 7.04. The van der Waals surface area contributed by atoms with E-state index in [2.05, 4.69) is 24.9 Å². The average molecular weight is 558 g/mol. The van der Waals surface area contributed by atoms with E-state index < -0.39 is 35.2 Å². The van der Waals surface area contributed by atoms with Gasteiger partial charge in [-0.05, 0) is 49.4 Å². The Bertz CT molecular complexity index is 1220. The highest BCUT2D eigenvalue weighted by atomic mass is 32.1. The minimum absolute atomic E-state index is 0.0142. The van der Waals surface area contributed by atoms with Crippen molar-refractivity contribution in [1.82, 2.24) is 14.7 Å². The molecule has 0 aliphatic carbocycles. The van der Waals surface area contributed by atoms with Crippen molar-refractivity contribution in [3.8, 4) is 0 Å². The zero-order valence-corrected chi connectivity index (χ0v) is 21.1. The van der Waals surface area contributed by atoms with Crippen molar-refractivity contribution in [2.24, 2.45) is 5.92 Å². The van der Waals surface area contributed by atoms with Crippen molar-refractivity contribution in [3.63, 3.8) is 0 Å². The highest BCUT2D eigenvalue weighted by molar-refractivity contribution is 7.09. The molecule has 204 valence electrons. The van der Waals surface area contributed by atoms with E-state index in [9.17, 15) is 31.1 Å². The van der Waals surface area contributed by atoms with Gasteiger partial charge < -0.3 is 15.5 Å². The molecule has 0 spiro atoms. The van der Waals surface area contributed by atoms with Gasteiger partial charge in [-0.15, -0.1) is 0 Å². The lowest BCUT2D eigenvalue weighted by Crippen LogP contribution is -2.39. The topological polar surface area (TPSA) is 70.2 Å². The first-order chi connectivity index (χ1) is 17.9. The van der Waals surface area contributed by atoms with Gasteiger partial charge in [0.15, 0.2) is 0 Å². The number of halogens is 6. The van der Waals surface area contributed by atoms with Crippen LogP contribution in [-0.4, -0.2) is 35.0 Å². The molecule has 0 bridgehead atoms. The summed E-state index contributed by atoms with van der Waals surface area (Å²) in [5.41, 5.74) is -1.26. The molecule has 2 amide bonds. The highest BCUT2D eigenvalue weighted by Gasteiger charge is 2.37. The molecule has 1 aromatic heterocycles. The van der Waals surface area contributed by atoms with Crippen molar-refractivity contribution in [2.45, 2.75) is 38.5 Å². The molecule has 0 unspecified atom stereocenters. The standard InChI is InChI=1S/C25H25F6N5OS/c1-15-2-4-16(5-3-15)10-21-34-23(38-35-21)36-8-6-17(7-9-36)14-32-22(37)33-20-12-18(24(26,27)28)11-19(13-20)25(29,30)31/h2-5,11-13,17H,6-10,14H2,1H3,(H2,32,33,37). The lowest BCUT2D eigenvalue weighted by Gasteiger charge is -2.31. The Morgan fingerprint density at radius 1 is 1.00 bits per heavy atom. The van der Waals surface area contributed by atoms with E-state index in [1.54, 1.807) is 0 Å². The third-order valence-electron chi connectivity index (χ3n) is 6.22. The van der Waals surface area contributed by atoms with Crippen molar-refractivity contribution in [1.29, 1.82) is 0 Å². The predicted molar refractivity (Wildman–Crippen MR) is 132 cm³/mol. The Hall–Kier alpha value is -3.35. The normalized spacial score (nSPS) is 15.0.